The number of rotatable bonds is 4. The van der Waals surface area contributed by atoms with Crippen molar-refractivity contribution in [3.05, 3.63) is 24.5 Å². The number of nitrogens with two attached hydrogens (primary N) is 1. The molecule has 0 atom stereocenters. The molecule has 1 rings (SSSR count). The van der Waals surface area contributed by atoms with E-state index in [2.05, 4.69) is 9.71 Å². The van der Waals surface area contributed by atoms with Crippen molar-refractivity contribution >= 4 is 15.9 Å². The van der Waals surface area contributed by atoms with Crippen LogP contribution in [0.2, 0.25) is 0 Å². The first kappa shape index (κ1) is 10.6. The Morgan fingerprint density at radius 2 is 2.36 bits per heavy atom. The maximum atomic E-state index is 11.4. The Morgan fingerprint density at radius 3 is 2.86 bits per heavy atom. The Kier molecular flexibility index (Phi) is 3.15. The zero-order valence-electron chi connectivity index (χ0n) is 7.27. The molecule has 0 saturated carbocycles. The molecule has 0 fully saturated rings. The van der Waals surface area contributed by atoms with Gasteiger partial charge in [-0.15, -0.1) is 0 Å². The predicted molar refractivity (Wildman–Crippen MR) is 51.3 cm³/mol. The van der Waals surface area contributed by atoms with E-state index in [0.717, 1.165) is 0 Å². The van der Waals surface area contributed by atoms with Gasteiger partial charge in [0.2, 0.25) is 10.0 Å². The molecule has 1 aromatic heterocycles. The molecule has 1 heterocycles. The second kappa shape index (κ2) is 4.16. The molecule has 0 aliphatic rings. The van der Waals surface area contributed by atoms with Crippen molar-refractivity contribution in [2.24, 2.45) is 5.73 Å². The molecule has 0 spiro atoms. The maximum Gasteiger partial charge on any atom is 0.242 e. The lowest BCUT2D eigenvalue weighted by molar-refractivity contribution is 0.586. The standard InChI is InChI=1S/C7H10N4O2S/c8-7(9)5-11-14(12,13)6-2-1-3-10-4-6/h1-4,11H,5H2,(H3,8,9). The van der Waals surface area contributed by atoms with Gasteiger partial charge in [0.05, 0.1) is 6.54 Å². The van der Waals surface area contributed by atoms with Crippen molar-refractivity contribution in [1.29, 1.82) is 5.41 Å². The molecule has 0 unspecified atom stereocenters. The second-order valence-electron chi connectivity index (χ2n) is 2.54. The third-order valence-electron chi connectivity index (χ3n) is 1.40. The van der Waals surface area contributed by atoms with Crippen LogP contribution in [0.5, 0.6) is 0 Å². The zero-order chi connectivity index (χ0) is 10.6. The first-order valence-corrected chi connectivity index (χ1v) is 5.23. The van der Waals surface area contributed by atoms with Crippen molar-refractivity contribution in [2.75, 3.05) is 6.54 Å². The Bertz CT molecular complexity index is 415. The number of hydrogen-bond donors (Lipinski definition) is 3. The summed E-state index contributed by atoms with van der Waals surface area (Å²) >= 11 is 0. The molecule has 0 aliphatic carbocycles. The predicted octanol–water partition coefficient (Wildman–Crippen LogP) is -0.704. The van der Waals surface area contributed by atoms with E-state index in [1.807, 2.05) is 0 Å². The fourth-order valence-corrected chi connectivity index (χ4v) is 1.73. The van der Waals surface area contributed by atoms with Crippen molar-refractivity contribution in [3.63, 3.8) is 0 Å². The molecule has 14 heavy (non-hydrogen) atoms. The first-order valence-electron chi connectivity index (χ1n) is 3.75. The van der Waals surface area contributed by atoms with Gasteiger partial charge in [-0.25, -0.2) is 13.1 Å². The largest absolute Gasteiger partial charge is 0.387 e. The molecule has 0 radical (unpaired) electrons. The summed E-state index contributed by atoms with van der Waals surface area (Å²) in [5, 5.41) is 6.87. The molecule has 7 heteroatoms. The third kappa shape index (κ3) is 2.79. The molecule has 4 N–H and O–H groups in total. The van der Waals surface area contributed by atoms with Gasteiger partial charge in [-0.3, -0.25) is 10.4 Å². The number of sulfonamides is 1. The summed E-state index contributed by atoms with van der Waals surface area (Å²) < 4.78 is 25.0. The van der Waals surface area contributed by atoms with Gasteiger partial charge in [0.1, 0.15) is 10.7 Å². The van der Waals surface area contributed by atoms with Crippen LogP contribution in [0.4, 0.5) is 0 Å². The van der Waals surface area contributed by atoms with Gasteiger partial charge in [0.25, 0.3) is 0 Å². The van der Waals surface area contributed by atoms with E-state index < -0.39 is 10.0 Å². The first-order chi connectivity index (χ1) is 6.52. The van der Waals surface area contributed by atoms with Gasteiger partial charge in [0, 0.05) is 12.4 Å². The van der Waals surface area contributed by atoms with Gasteiger partial charge < -0.3 is 5.73 Å². The number of amidine groups is 1. The highest BCUT2D eigenvalue weighted by Gasteiger charge is 2.12. The highest BCUT2D eigenvalue weighted by Crippen LogP contribution is 2.04. The lowest BCUT2D eigenvalue weighted by Crippen LogP contribution is -2.32. The molecule has 0 aliphatic heterocycles. The van der Waals surface area contributed by atoms with E-state index >= 15 is 0 Å². The van der Waals surface area contributed by atoms with Crippen LogP contribution < -0.4 is 10.5 Å². The topological polar surface area (TPSA) is 109 Å². The minimum Gasteiger partial charge on any atom is -0.387 e. The van der Waals surface area contributed by atoms with Gasteiger partial charge in [-0.1, -0.05) is 0 Å². The monoisotopic (exact) mass is 214 g/mol. The van der Waals surface area contributed by atoms with E-state index in [-0.39, 0.29) is 17.3 Å². The number of pyridine rings is 1. The van der Waals surface area contributed by atoms with Crippen LogP contribution in [0, 0.1) is 5.41 Å². The molecule has 1 aromatic rings. The van der Waals surface area contributed by atoms with Crippen LogP contribution in [-0.2, 0) is 10.0 Å². The highest BCUT2D eigenvalue weighted by atomic mass is 32.2. The van der Waals surface area contributed by atoms with Gasteiger partial charge in [-0.2, -0.15) is 0 Å². The summed E-state index contributed by atoms with van der Waals surface area (Å²) in [6.45, 7) is -0.197. The Balaban J connectivity index is 2.82. The lowest BCUT2D eigenvalue weighted by Gasteiger charge is -2.04. The minimum absolute atomic E-state index is 0.0567. The number of nitrogens with zero attached hydrogens (tertiary/aromatic N) is 1. The average molecular weight is 214 g/mol. The summed E-state index contributed by atoms with van der Waals surface area (Å²) in [7, 11) is -3.59. The summed E-state index contributed by atoms with van der Waals surface area (Å²) in [5.74, 6) is -0.238. The van der Waals surface area contributed by atoms with E-state index in [9.17, 15) is 8.42 Å². The SMILES string of the molecule is N=C(N)CNS(=O)(=O)c1cccnc1. The minimum atomic E-state index is -3.59. The molecule has 76 valence electrons. The van der Waals surface area contributed by atoms with Crippen molar-refractivity contribution in [1.82, 2.24) is 9.71 Å². The van der Waals surface area contributed by atoms with Crippen molar-refractivity contribution in [2.45, 2.75) is 4.90 Å². The molecule has 0 amide bonds. The Morgan fingerprint density at radius 1 is 1.64 bits per heavy atom. The van der Waals surface area contributed by atoms with E-state index in [1.165, 1.54) is 24.5 Å². The highest BCUT2D eigenvalue weighted by molar-refractivity contribution is 7.89. The number of aromatic nitrogens is 1. The third-order valence-corrected chi connectivity index (χ3v) is 2.78. The van der Waals surface area contributed by atoms with E-state index in [1.54, 1.807) is 0 Å². The van der Waals surface area contributed by atoms with Crippen LogP contribution in [0.1, 0.15) is 0 Å². The number of nitrogens with one attached hydrogen (secondary N) is 2. The summed E-state index contributed by atoms with van der Waals surface area (Å²) in [6.07, 6.45) is 2.70. The number of hydrogen-bond acceptors (Lipinski definition) is 4. The normalized spacial score (nSPS) is 11.1. The van der Waals surface area contributed by atoms with Crippen LogP contribution in [0.15, 0.2) is 29.4 Å². The van der Waals surface area contributed by atoms with Crippen LogP contribution in [-0.4, -0.2) is 25.8 Å². The Labute approximate surface area is 81.7 Å². The maximum absolute atomic E-state index is 11.4. The zero-order valence-corrected chi connectivity index (χ0v) is 8.08. The molecule has 0 bridgehead atoms. The molecule has 0 aromatic carbocycles. The van der Waals surface area contributed by atoms with E-state index in [4.69, 9.17) is 11.1 Å². The average Bonchev–Trinajstić information content (AvgIpc) is 2.16. The summed E-state index contributed by atoms with van der Waals surface area (Å²) in [4.78, 5) is 3.73. The van der Waals surface area contributed by atoms with Crippen LogP contribution in [0.3, 0.4) is 0 Å². The van der Waals surface area contributed by atoms with Crippen molar-refractivity contribution < 1.29 is 8.42 Å². The fraction of sp³-hybridized carbons (Fsp3) is 0.143. The molecular weight excluding hydrogens is 204 g/mol. The molecule has 0 saturated heterocycles. The fourth-order valence-electron chi connectivity index (χ4n) is 0.762. The lowest BCUT2D eigenvalue weighted by atomic mass is 10.5. The summed E-state index contributed by atoms with van der Waals surface area (Å²) in [6, 6.07) is 2.93. The summed E-state index contributed by atoms with van der Waals surface area (Å²) in [5.41, 5.74) is 5.02. The Hall–Kier alpha value is -1.47. The molecule has 6 nitrogen and oxygen atoms in total. The second-order valence-corrected chi connectivity index (χ2v) is 4.31. The quantitative estimate of drug-likeness (QED) is 0.454. The smallest absolute Gasteiger partial charge is 0.242 e. The van der Waals surface area contributed by atoms with Gasteiger partial charge in [0.15, 0.2) is 0 Å². The molecular formula is C7H10N4O2S. The van der Waals surface area contributed by atoms with Crippen LogP contribution >= 0.6 is 0 Å². The van der Waals surface area contributed by atoms with Crippen LogP contribution in [0.25, 0.3) is 0 Å². The van der Waals surface area contributed by atoms with Gasteiger partial charge >= 0.3 is 0 Å². The van der Waals surface area contributed by atoms with E-state index in [0.29, 0.717) is 0 Å². The van der Waals surface area contributed by atoms with Crippen molar-refractivity contribution in [3.8, 4) is 0 Å². The van der Waals surface area contributed by atoms with Gasteiger partial charge in [-0.05, 0) is 12.1 Å².